The van der Waals surface area contributed by atoms with E-state index in [2.05, 4.69) is 204 Å². The second-order valence-electron chi connectivity index (χ2n) is 14.9. The van der Waals surface area contributed by atoms with Crippen LogP contribution in [0.15, 0.2) is 215 Å². The summed E-state index contributed by atoms with van der Waals surface area (Å²) in [6, 6.07) is 73.1. The molecule has 0 aliphatic heterocycles. The Morgan fingerprint density at radius 2 is 0.966 bits per heavy atom. The molecule has 3 aromatic heterocycles. The lowest BCUT2D eigenvalue weighted by atomic mass is 10.00. The summed E-state index contributed by atoms with van der Waals surface area (Å²) in [5.74, 6) is 0. The quantitative estimate of drug-likeness (QED) is 0.170. The largest absolute Gasteiger partial charge is 0.455 e. The van der Waals surface area contributed by atoms with Crippen LogP contribution in [-0.4, -0.2) is 4.57 Å². The number of benzene rings is 9. The predicted octanol–water partition coefficient (Wildman–Crippen LogP) is 15.4. The number of hydrogen-bond donors (Lipinski definition) is 0. The fourth-order valence-corrected chi connectivity index (χ4v) is 8.98. The lowest BCUT2D eigenvalue weighted by molar-refractivity contribution is 0.669. The molecule has 3 heterocycles. The molecule has 0 amide bonds. The van der Waals surface area contributed by atoms with E-state index >= 15 is 0 Å². The van der Waals surface area contributed by atoms with E-state index in [1.54, 1.807) is 0 Å². The molecule has 12 aromatic rings. The SMILES string of the molecule is c1ccc(-c2cccc3c2oc2ccc(-c4ccc(N(c5cccc6c5oc5ccccc56)c5cccc6c5c5ccccc5n6-c5ccccc5)cc4)cc23)cc1. The molecule has 0 fully saturated rings. The van der Waals surface area contributed by atoms with E-state index in [1.807, 2.05) is 12.1 Å². The molecule has 0 atom stereocenters. The van der Waals surface area contributed by atoms with Gasteiger partial charge in [-0.2, -0.15) is 0 Å². The van der Waals surface area contributed by atoms with E-state index in [1.165, 1.54) is 10.8 Å². The van der Waals surface area contributed by atoms with Gasteiger partial charge in [0.15, 0.2) is 5.58 Å². The molecule has 0 bridgehead atoms. The van der Waals surface area contributed by atoms with Gasteiger partial charge in [-0.1, -0.05) is 140 Å². The highest BCUT2D eigenvalue weighted by molar-refractivity contribution is 6.18. The number of fused-ring (bicyclic) bond motifs is 9. The highest BCUT2D eigenvalue weighted by Crippen LogP contribution is 2.47. The number of aromatic nitrogens is 1. The smallest absolute Gasteiger partial charge is 0.159 e. The summed E-state index contributed by atoms with van der Waals surface area (Å²) in [6.07, 6.45) is 0. The van der Waals surface area contributed by atoms with Crippen molar-refractivity contribution in [2.75, 3.05) is 4.90 Å². The lowest BCUT2D eigenvalue weighted by Gasteiger charge is -2.27. The Morgan fingerprint density at radius 1 is 0.362 bits per heavy atom. The van der Waals surface area contributed by atoms with Crippen LogP contribution >= 0.6 is 0 Å². The molecule has 9 aromatic carbocycles. The second-order valence-corrected chi connectivity index (χ2v) is 14.9. The van der Waals surface area contributed by atoms with E-state index in [4.69, 9.17) is 8.83 Å². The molecule has 0 N–H and O–H groups in total. The molecule has 0 unspecified atom stereocenters. The molecule has 4 nitrogen and oxygen atoms in total. The van der Waals surface area contributed by atoms with Gasteiger partial charge in [-0.15, -0.1) is 0 Å². The van der Waals surface area contributed by atoms with Crippen LogP contribution in [0.5, 0.6) is 0 Å². The summed E-state index contributed by atoms with van der Waals surface area (Å²) in [5, 5.41) is 6.77. The van der Waals surface area contributed by atoms with Crippen LogP contribution in [-0.2, 0) is 0 Å². The van der Waals surface area contributed by atoms with Crippen LogP contribution in [0.4, 0.5) is 17.1 Å². The van der Waals surface area contributed by atoms with Crippen LogP contribution in [0.25, 0.3) is 93.6 Å². The Labute approximate surface area is 334 Å². The highest BCUT2D eigenvalue weighted by atomic mass is 16.3. The molecule has 12 rings (SSSR count). The monoisotopic (exact) mass is 742 g/mol. The van der Waals surface area contributed by atoms with Crippen LogP contribution in [0, 0.1) is 0 Å². The lowest BCUT2D eigenvalue weighted by Crippen LogP contribution is -2.10. The van der Waals surface area contributed by atoms with Crippen LogP contribution in [0.2, 0.25) is 0 Å². The van der Waals surface area contributed by atoms with Crippen LogP contribution < -0.4 is 4.90 Å². The maximum Gasteiger partial charge on any atom is 0.159 e. The number of anilines is 3. The van der Waals surface area contributed by atoms with Crippen molar-refractivity contribution >= 4 is 82.7 Å². The Hall–Kier alpha value is -7.82. The third-order valence-corrected chi connectivity index (χ3v) is 11.6. The highest BCUT2D eigenvalue weighted by Gasteiger charge is 2.24. The molecule has 0 saturated heterocycles. The van der Waals surface area contributed by atoms with Gasteiger partial charge in [-0.05, 0) is 83.4 Å². The minimum atomic E-state index is 0.851. The molecule has 272 valence electrons. The fraction of sp³-hybridized carbons (Fsp3) is 0. The predicted molar refractivity (Wildman–Crippen MR) is 241 cm³/mol. The summed E-state index contributed by atoms with van der Waals surface area (Å²) in [7, 11) is 0. The number of furan rings is 2. The van der Waals surface area contributed by atoms with E-state index in [-0.39, 0.29) is 0 Å². The maximum absolute atomic E-state index is 6.72. The van der Waals surface area contributed by atoms with Gasteiger partial charge in [0, 0.05) is 49.3 Å². The molecular formula is C54H34N2O2. The molecule has 0 aliphatic carbocycles. The van der Waals surface area contributed by atoms with E-state index in [0.717, 1.165) is 99.9 Å². The number of rotatable bonds is 6. The topological polar surface area (TPSA) is 34.5 Å². The van der Waals surface area contributed by atoms with Crippen molar-refractivity contribution in [2.24, 2.45) is 0 Å². The van der Waals surface area contributed by atoms with Crippen LogP contribution in [0.3, 0.4) is 0 Å². The summed E-state index contributed by atoms with van der Waals surface area (Å²) in [4.78, 5) is 2.37. The molecule has 0 radical (unpaired) electrons. The zero-order chi connectivity index (χ0) is 38.2. The molecule has 0 aliphatic rings. The minimum Gasteiger partial charge on any atom is -0.455 e. The van der Waals surface area contributed by atoms with Gasteiger partial charge >= 0.3 is 0 Å². The van der Waals surface area contributed by atoms with Crippen molar-refractivity contribution < 1.29 is 8.83 Å². The van der Waals surface area contributed by atoms with Gasteiger partial charge in [-0.25, -0.2) is 0 Å². The summed E-state index contributed by atoms with van der Waals surface area (Å²) in [5.41, 5.74) is 14.5. The number of para-hydroxylation sites is 5. The summed E-state index contributed by atoms with van der Waals surface area (Å²) in [6.45, 7) is 0. The molecule has 58 heavy (non-hydrogen) atoms. The minimum absolute atomic E-state index is 0.851. The molecule has 4 heteroatoms. The number of hydrogen-bond acceptors (Lipinski definition) is 3. The van der Waals surface area contributed by atoms with Crippen molar-refractivity contribution in [3.63, 3.8) is 0 Å². The van der Waals surface area contributed by atoms with Gasteiger partial charge in [0.05, 0.1) is 22.4 Å². The first-order valence-corrected chi connectivity index (χ1v) is 19.7. The first-order valence-electron chi connectivity index (χ1n) is 19.7. The van der Waals surface area contributed by atoms with Crippen molar-refractivity contribution in [1.82, 2.24) is 4.57 Å². The van der Waals surface area contributed by atoms with E-state index < -0.39 is 0 Å². The normalized spacial score (nSPS) is 11.8. The van der Waals surface area contributed by atoms with Gasteiger partial charge < -0.3 is 18.3 Å². The van der Waals surface area contributed by atoms with Crippen LogP contribution in [0.1, 0.15) is 0 Å². The number of nitrogens with zero attached hydrogens (tertiary/aromatic N) is 2. The zero-order valence-corrected chi connectivity index (χ0v) is 31.3. The third-order valence-electron chi connectivity index (χ3n) is 11.6. The Kier molecular flexibility index (Phi) is 7.20. The Morgan fingerprint density at radius 3 is 1.81 bits per heavy atom. The van der Waals surface area contributed by atoms with Gasteiger partial charge in [0.1, 0.15) is 16.7 Å². The van der Waals surface area contributed by atoms with Gasteiger partial charge in [0.25, 0.3) is 0 Å². The Balaban J connectivity index is 1.05. The summed E-state index contributed by atoms with van der Waals surface area (Å²) >= 11 is 0. The van der Waals surface area contributed by atoms with Crippen molar-refractivity contribution in [3.05, 3.63) is 206 Å². The second kappa shape index (κ2) is 12.9. The van der Waals surface area contributed by atoms with Crippen molar-refractivity contribution in [2.45, 2.75) is 0 Å². The third kappa shape index (κ3) is 4.95. The average molecular weight is 743 g/mol. The average Bonchev–Trinajstić information content (AvgIpc) is 3.97. The van der Waals surface area contributed by atoms with Gasteiger partial charge in [-0.3, -0.25) is 0 Å². The summed E-state index contributed by atoms with van der Waals surface area (Å²) < 4.78 is 15.6. The maximum atomic E-state index is 6.72. The standard InChI is InChI=1S/C54H34N2O2/c1-3-14-36(15-4-1)40-20-11-21-43-45-34-37(30-33-51(45)57-53(40)43)35-28-31-39(32-29-35)56(49-26-12-22-42-41-18-8-10-27-50(41)58-54(42)49)48-25-13-24-47-52(48)44-19-7-9-23-46(44)55(47)38-16-5-2-6-17-38/h1-34H. The fourth-order valence-electron chi connectivity index (χ4n) is 8.98. The van der Waals surface area contributed by atoms with Crippen molar-refractivity contribution in [3.8, 4) is 27.9 Å². The zero-order valence-electron chi connectivity index (χ0n) is 31.3. The van der Waals surface area contributed by atoms with Crippen molar-refractivity contribution in [1.29, 1.82) is 0 Å². The van der Waals surface area contributed by atoms with Gasteiger partial charge in [0.2, 0.25) is 0 Å². The molecule has 0 spiro atoms. The first-order chi connectivity index (χ1) is 28.8. The van der Waals surface area contributed by atoms with E-state index in [0.29, 0.717) is 0 Å². The Bertz CT molecular complexity index is 3500. The molecule has 0 saturated carbocycles. The molecular weight excluding hydrogens is 709 g/mol. The van der Waals surface area contributed by atoms with E-state index in [9.17, 15) is 0 Å². The first kappa shape index (κ1) is 32.4.